The molecule has 1 rings (SSSR count). The Morgan fingerprint density at radius 2 is 1.47 bits per heavy atom. The predicted octanol–water partition coefficient (Wildman–Crippen LogP) is 0.817. The van der Waals surface area contributed by atoms with Crippen LogP contribution in [0.4, 0.5) is 0 Å². The molecule has 1 heterocycles. The second kappa shape index (κ2) is 3.86. The summed E-state index contributed by atoms with van der Waals surface area (Å²) in [6, 6.07) is 0. The molecule has 0 radical (unpaired) electrons. The second-order valence-corrected chi connectivity index (χ2v) is 3.51. The molecule has 1 aliphatic heterocycles. The molecule has 2 N–H and O–H groups in total. The van der Waals surface area contributed by atoms with Gasteiger partial charge >= 0.3 is 11.9 Å². The third-order valence-electron chi connectivity index (χ3n) is 2.07. The van der Waals surface area contributed by atoms with E-state index in [0.29, 0.717) is 6.61 Å². The minimum atomic E-state index is -1.04. The quantitative estimate of drug-likeness (QED) is 0.532. The van der Waals surface area contributed by atoms with Gasteiger partial charge in [-0.25, -0.2) is 9.59 Å². The SMILES string of the molecule is CC(=CC1(C=C(C)C(=O)O)CO1)C(=O)O. The highest BCUT2D eigenvalue weighted by Gasteiger charge is 2.41. The van der Waals surface area contributed by atoms with Crippen molar-refractivity contribution >= 4 is 11.9 Å². The number of carboxylic acid groups (broad SMARTS) is 2. The van der Waals surface area contributed by atoms with Crippen LogP contribution in [0, 0.1) is 0 Å². The van der Waals surface area contributed by atoms with Crippen molar-refractivity contribution in [3.8, 4) is 0 Å². The molecule has 15 heavy (non-hydrogen) atoms. The lowest BCUT2D eigenvalue weighted by Gasteiger charge is -2.02. The molecule has 1 fully saturated rings. The van der Waals surface area contributed by atoms with E-state index in [4.69, 9.17) is 14.9 Å². The van der Waals surface area contributed by atoms with Gasteiger partial charge in [0.1, 0.15) is 5.60 Å². The van der Waals surface area contributed by atoms with Crippen LogP contribution in [0.2, 0.25) is 0 Å². The van der Waals surface area contributed by atoms with Crippen LogP contribution in [-0.4, -0.2) is 34.4 Å². The van der Waals surface area contributed by atoms with E-state index in [1.807, 2.05) is 0 Å². The first kappa shape index (κ1) is 11.5. The van der Waals surface area contributed by atoms with Gasteiger partial charge < -0.3 is 14.9 Å². The number of aliphatic carboxylic acids is 2. The highest BCUT2D eigenvalue weighted by Crippen LogP contribution is 2.32. The van der Waals surface area contributed by atoms with Gasteiger partial charge in [-0.3, -0.25) is 0 Å². The van der Waals surface area contributed by atoms with Gasteiger partial charge in [0.2, 0.25) is 0 Å². The summed E-state index contributed by atoms with van der Waals surface area (Å²) in [6.07, 6.45) is 2.84. The van der Waals surface area contributed by atoms with Crippen molar-refractivity contribution in [2.75, 3.05) is 6.61 Å². The van der Waals surface area contributed by atoms with Crippen molar-refractivity contribution in [2.45, 2.75) is 19.4 Å². The lowest BCUT2D eigenvalue weighted by molar-refractivity contribution is -0.133. The molecule has 0 amide bonds. The molecule has 0 saturated carbocycles. The molecule has 0 aromatic rings. The number of carboxylic acids is 2. The second-order valence-electron chi connectivity index (χ2n) is 3.51. The lowest BCUT2D eigenvalue weighted by atomic mass is 10.0. The zero-order valence-corrected chi connectivity index (χ0v) is 8.48. The Balaban J connectivity index is 2.87. The molecule has 5 nitrogen and oxygen atoms in total. The number of epoxide rings is 1. The summed E-state index contributed by atoms with van der Waals surface area (Å²) in [5.41, 5.74) is -0.547. The maximum Gasteiger partial charge on any atom is 0.331 e. The summed E-state index contributed by atoms with van der Waals surface area (Å²) >= 11 is 0. The average Bonchev–Trinajstić information content (AvgIpc) is 2.84. The van der Waals surface area contributed by atoms with E-state index in [9.17, 15) is 9.59 Å². The summed E-state index contributed by atoms with van der Waals surface area (Å²) in [5.74, 6) is -2.07. The van der Waals surface area contributed by atoms with Crippen LogP contribution < -0.4 is 0 Å². The van der Waals surface area contributed by atoms with Crippen LogP contribution in [0.5, 0.6) is 0 Å². The summed E-state index contributed by atoms with van der Waals surface area (Å²) in [4.78, 5) is 21.1. The molecule has 0 bridgehead atoms. The average molecular weight is 212 g/mol. The summed E-state index contributed by atoms with van der Waals surface area (Å²) in [5, 5.41) is 17.3. The summed E-state index contributed by atoms with van der Waals surface area (Å²) in [7, 11) is 0. The Kier molecular flexibility index (Phi) is 2.95. The molecule has 0 aliphatic carbocycles. The van der Waals surface area contributed by atoms with Crippen LogP contribution in [-0.2, 0) is 14.3 Å². The number of rotatable bonds is 4. The van der Waals surface area contributed by atoms with Gasteiger partial charge in [0.15, 0.2) is 0 Å². The van der Waals surface area contributed by atoms with Crippen molar-refractivity contribution in [1.29, 1.82) is 0 Å². The fourth-order valence-electron chi connectivity index (χ4n) is 1.15. The first-order valence-corrected chi connectivity index (χ1v) is 4.36. The lowest BCUT2D eigenvalue weighted by Crippen LogP contribution is -2.10. The van der Waals surface area contributed by atoms with Gasteiger partial charge in [-0.1, -0.05) is 0 Å². The smallest absolute Gasteiger partial charge is 0.331 e. The van der Waals surface area contributed by atoms with E-state index in [2.05, 4.69) is 0 Å². The van der Waals surface area contributed by atoms with Crippen molar-refractivity contribution in [1.82, 2.24) is 0 Å². The van der Waals surface area contributed by atoms with Crippen molar-refractivity contribution in [2.24, 2.45) is 0 Å². The fourth-order valence-corrected chi connectivity index (χ4v) is 1.15. The number of hydrogen-bond donors (Lipinski definition) is 2. The minimum Gasteiger partial charge on any atom is -0.478 e. The molecule has 0 atom stereocenters. The fraction of sp³-hybridized carbons (Fsp3) is 0.400. The van der Waals surface area contributed by atoms with Gasteiger partial charge in [-0.2, -0.15) is 0 Å². The Morgan fingerprint density at radius 1 is 1.13 bits per heavy atom. The number of carbonyl (C=O) groups is 2. The third-order valence-corrected chi connectivity index (χ3v) is 2.07. The van der Waals surface area contributed by atoms with Crippen LogP contribution in [0.25, 0.3) is 0 Å². The molecule has 1 aliphatic rings. The highest BCUT2D eigenvalue weighted by molar-refractivity contribution is 5.87. The molecule has 1 saturated heterocycles. The summed E-state index contributed by atoms with van der Waals surface area (Å²) in [6.45, 7) is 3.20. The Bertz CT molecular complexity index is 328. The topological polar surface area (TPSA) is 87.1 Å². The van der Waals surface area contributed by atoms with Crippen molar-refractivity contribution in [3.05, 3.63) is 23.3 Å². The third kappa shape index (κ3) is 2.92. The largest absolute Gasteiger partial charge is 0.478 e. The molecule has 0 aromatic carbocycles. The van der Waals surface area contributed by atoms with Crippen LogP contribution >= 0.6 is 0 Å². The zero-order valence-electron chi connectivity index (χ0n) is 8.48. The molecule has 0 aromatic heterocycles. The number of ether oxygens (including phenoxy) is 1. The first-order chi connectivity index (χ1) is 6.86. The van der Waals surface area contributed by atoms with Crippen LogP contribution in [0.15, 0.2) is 23.3 Å². The molecular weight excluding hydrogens is 200 g/mol. The first-order valence-electron chi connectivity index (χ1n) is 4.36. The molecule has 0 spiro atoms. The standard InChI is InChI=1S/C10H12O5/c1-6(8(11)12)3-10(5-15-10)4-7(2)9(13)14/h3-4H,5H2,1-2H3,(H,11,12)(H,13,14). The van der Waals surface area contributed by atoms with E-state index < -0.39 is 17.5 Å². The maximum absolute atomic E-state index is 10.6. The molecule has 0 unspecified atom stereocenters. The normalized spacial score (nSPS) is 26.3. The predicted molar refractivity (Wildman–Crippen MR) is 51.5 cm³/mol. The maximum atomic E-state index is 10.6. The van der Waals surface area contributed by atoms with Crippen LogP contribution in [0.1, 0.15) is 13.8 Å². The van der Waals surface area contributed by atoms with Crippen molar-refractivity contribution in [3.63, 3.8) is 0 Å². The molecule has 5 heteroatoms. The Morgan fingerprint density at radius 3 is 1.67 bits per heavy atom. The van der Waals surface area contributed by atoms with Gasteiger partial charge in [0, 0.05) is 11.1 Å². The highest BCUT2D eigenvalue weighted by atomic mass is 16.6. The van der Waals surface area contributed by atoms with Gasteiger partial charge in [-0.05, 0) is 26.0 Å². The Hall–Kier alpha value is -1.62. The Labute approximate surface area is 86.7 Å². The van der Waals surface area contributed by atoms with E-state index in [-0.39, 0.29) is 11.1 Å². The van der Waals surface area contributed by atoms with E-state index in [1.54, 1.807) is 0 Å². The van der Waals surface area contributed by atoms with Gasteiger partial charge in [0.05, 0.1) is 6.61 Å². The van der Waals surface area contributed by atoms with E-state index in [0.717, 1.165) is 0 Å². The summed E-state index contributed by atoms with van der Waals surface area (Å²) < 4.78 is 5.06. The van der Waals surface area contributed by atoms with Gasteiger partial charge in [-0.15, -0.1) is 0 Å². The van der Waals surface area contributed by atoms with E-state index in [1.165, 1.54) is 26.0 Å². The zero-order chi connectivity index (χ0) is 11.6. The minimum absolute atomic E-state index is 0.141. The van der Waals surface area contributed by atoms with Crippen LogP contribution in [0.3, 0.4) is 0 Å². The van der Waals surface area contributed by atoms with Crippen molar-refractivity contribution < 1.29 is 24.5 Å². The molecule has 82 valence electrons. The monoisotopic (exact) mass is 212 g/mol. The molecular formula is C10H12O5. The number of hydrogen-bond acceptors (Lipinski definition) is 3. The van der Waals surface area contributed by atoms with Gasteiger partial charge in [0.25, 0.3) is 0 Å². The van der Waals surface area contributed by atoms with E-state index >= 15 is 0 Å².